The van der Waals surface area contributed by atoms with Gasteiger partial charge in [0.25, 0.3) is 0 Å². The van der Waals surface area contributed by atoms with Crippen molar-refractivity contribution in [1.29, 1.82) is 0 Å². The Bertz CT molecular complexity index is 751. The molecule has 1 N–H and O–H groups in total. The quantitative estimate of drug-likeness (QED) is 0.766. The molecule has 0 saturated carbocycles. The molecule has 146 valence electrons. The Morgan fingerprint density at radius 1 is 1.04 bits per heavy atom. The number of benzene rings is 2. The Morgan fingerprint density at radius 2 is 1.59 bits per heavy atom. The summed E-state index contributed by atoms with van der Waals surface area (Å²) >= 11 is 0. The standard InChI is InChI=1S/C20H22F3NO3/c1-13(15-4-6-16(7-5-15)20(21,22)23)8-19(25)24-12-14-9-17(26-2)11-18(10-14)27-3/h4-7,9-11,13H,8,12H2,1-3H3,(H,24,25). The van der Waals surface area contributed by atoms with Crippen molar-refractivity contribution in [1.82, 2.24) is 5.32 Å². The molecule has 0 fully saturated rings. The van der Waals surface area contributed by atoms with Gasteiger partial charge >= 0.3 is 6.18 Å². The van der Waals surface area contributed by atoms with Crippen LogP contribution in [0.15, 0.2) is 42.5 Å². The van der Waals surface area contributed by atoms with E-state index < -0.39 is 11.7 Å². The summed E-state index contributed by atoms with van der Waals surface area (Å²) in [5.41, 5.74) is 0.804. The lowest BCUT2D eigenvalue weighted by molar-refractivity contribution is -0.137. The molecule has 4 nitrogen and oxygen atoms in total. The summed E-state index contributed by atoms with van der Waals surface area (Å²) in [6, 6.07) is 10.2. The number of carbonyl (C=O) groups excluding carboxylic acids is 1. The molecule has 1 amide bonds. The lowest BCUT2D eigenvalue weighted by Crippen LogP contribution is -2.24. The third-order valence-corrected chi connectivity index (χ3v) is 4.20. The average molecular weight is 381 g/mol. The smallest absolute Gasteiger partial charge is 0.416 e. The number of ether oxygens (including phenoxy) is 2. The van der Waals surface area contributed by atoms with E-state index in [4.69, 9.17) is 9.47 Å². The van der Waals surface area contributed by atoms with E-state index in [9.17, 15) is 18.0 Å². The highest BCUT2D eigenvalue weighted by molar-refractivity contribution is 5.76. The molecular weight excluding hydrogens is 359 g/mol. The van der Waals surface area contributed by atoms with Crippen molar-refractivity contribution in [3.63, 3.8) is 0 Å². The zero-order valence-corrected chi connectivity index (χ0v) is 15.4. The first-order valence-electron chi connectivity index (χ1n) is 8.38. The van der Waals surface area contributed by atoms with Crippen molar-refractivity contribution in [2.45, 2.75) is 32.0 Å². The fourth-order valence-electron chi connectivity index (χ4n) is 2.64. The molecule has 1 unspecified atom stereocenters. The molecule has 27 heavy (non-hydrogen) atoms. The van der Waals surface area contributed by atoms with Gasteiger partial charge in [0.2, 0.25) is 5.91 Å². The Labute approximate surface area is 156 Å². The molecule has 2 aromatic rings. The van der Waals surface area contributed by atoms with Crippen LogP contribution in [0.5, 0.6) is 11.5 Å². The van der Waals surface area contributed by atoms with E-state index in [1.807, 2.05) is 0 Å². The van der Waals surface area contributed by atoms with Crippen molar-refractivity contribution in [2.24, 2.45) is 0 Å². The van der Waals surface area contributed by atoms with E-state index in [2.05, 4.69) is 5.32 Å². The fraction of sp³-hybridized carbons (Fsp3) is 0.350. The first-order valence-corrected chi connectivity index (χ1v) is 8.38. The van der Waals surface area contributed by atoms with Crippen LogP contribution in [0, 0.1) is 0 Å². The van der Waals surface area contributed by atoms with Crippen molar-refractivity contribution in [2.75, 3.05) is 14.2 Å². The minimum absolute atomic E-state index is 0.173. The highest BCUT2D eigenvalue weighted by Crippen LogP contribution is 2.30. The molecule has 2 rings (SSSR count). The molecular formula is C20H22F3NO3. The minimum atomic E-state index is -4.36. The third-order valence-electron chi connectivity index (χ3n) is 4.20. The van der Waals surface area contributed by atoms with Crippen LogP contribution in [0.25, 0.3) is 0 Å². The summed E-state index contributed by atoms with van der Waals surface area (Å²) in [7, 11) is 3.09. The third kappa shape index (κ3) is 5.91. The number of hydrogen-bond donors (Lipinski definition) is 1. The van der Waals surface area contributed by atoms with Crippen LogP contribution in [0.1, 0.15) is 36.0 Å². The number of alkyl halides is 3. The largest absolute Gasteiger partial charge is 0.497 e. The van der Waals surface area contributed by atoms with Gasteiger partial charge in [0.15, 0.2) is 0 Å². The topological polar surface area (TPSA) is 47.6 Å². The van der Waals surface area contributed by atoms with Crippen LogP contribution in [0.2, 0.25) is 0 Å². The maximum absolute atomic E-state index is 12.6. The van der Waals surface area contributed by atoms with Crippen LogP contribution in [-0.4, -0.2) is 20.1 Å². The fourth-order valence-corrected chi connectivity index (χ4v) is 2.64. The first-order chi connectivity index (χ1) is 12.7. The van der Waals surface area contributed by atoms with E-state index in [-0.39, 0.29) is 18.2 Å². The number of amides is 1. The van der Waals surface area contributed by atoms with Crippen LogP contribution < -0.4 is 14.8 Å². The summed E-state index contributed by atoms with van der Waals surface area (Å²) in [5, 5.41) is 2.81. The van der Waals surface area contributed by atoms with Gasteiger partial charge < -0.3 is 14.8 Å². The van der Waals surface area contributed by atoms with Gasteiger partial charge in [-0.15, -0.1) is 0 Å². The zero-order chi connectivity index (χ0) is 20.0. The Hall–Kier alpha value is -2.70. The summed E-state index contributed by atoms with van der Waals surface area (Å²) in [6.07, 6.45) is -4.19. The lowest BCUT2D eigenvalue weighted by Gasteiger charge is -2.14. The maximum atomic E-state index is 12.6. The number of halogens is 3. The second-order valence-corrected chi connectivity index (χ2v) is 6.22. The maximum Gasteiger partial charge on any atom is 0.416 e. The van der Waals surface area contributed by atoms with Gasteiger partial charge in [-0.1, -0.05) is 19.1 Å². The van der Waals surface area contributed by atoms with Gasteiger partial charge in [-0.25, -0.2) is 0 Å². The van der Waals surface area contributed by atoms with E-state index in [1.165, 1.54) is 12.1 Å². The normalized spacial score (nSPS) is 12.4. The summed E-state index contributed by atoms with van der Waals surface area (Å²) in [4.78, 5) is 12.2. The second kappa shape index (κ2) is 8.79. The number of methoxy groups -OCH3 is 2. The number of rotatable bonds is 7. The number of nitrogens with one attached hydrogen (secondary N) is 1. The van der Waals surface area contributed by atoms with Crippen LogP contribution >= 0.6 is 0 Å². The van der Waals surface area contributed by atoms with Crippen molar-refractivity contribution >= 4 is 5.91 Å². The van der Waals surface area contributed by atoms with E-state index >= 15 is 0 Å². The Balaban J connectivity index is 1.93. The highest BCUT2D eigenvalue weighted by Gasteiger charge is 2.30. The molecule has 0 aliphatic rings. The molecule has 0 bridgehead atoms. The summed E-state index contributed by atoms with van der Waals surface area (Å²) < 4.78 is 48.2. The van der Waals surface area contributed by atoms with E-state index in [0.29, 0.717) is 23.6 Å². The van der Waals surface area contributed by atoms with Crippen LogP contribution in [0.3, 0.4) is 0 Å². The predicted molar refractivity (Wildman–Crippen MR) is 95.9 cm³/mol. The van der Waals surface area contributed by atoms with Gasteiger partial charge in [0.1, 0.15) is 11.5 Å². The van der Waals surface area contributed by atoms with Crippen LogP contribution in [-0.2, 0) is 17.5 Å². The summed E-state index contributed by atoms with van der Waals surface area (Å²) in [5.74, 6) is 0.852. The van der Waals surface area contributed by atoms with Crippen molar-refractivity contribution in [3.8, 4) is 11.5 Å². The van der Waals surface area contributed by atoms with Gasteiger partial charge in [-0.3, -0.25) is 4.79 Å². The molecule has 0 radical (unpaired) electrons. The van der Waals surface area contributed by atoms with Gasteiger partial charge in [0.05, 0.1) is 19.8 Å². The predicted octanol–water partition coefficient (Wildman–Crippen LogP) is 4.53. The zero-order valence-electron chi connectivity index (χ0n) is 15.4. The molecule has 0 spiro atoms. The SMILES string of the molecule is COc1cc(CNC(=O)CC(C)c2ccc(C(F)(F)F)cc2)cc(OC)c1. The average Bonchev–Trinajstić information content (AvgIpc) is 2.65. The highest BCUT2D eigenvalue weighted by atomic mass is 19.4. The number of hydrogen-bond acceptors (Lipinski definition) is 3. The van der Waals surface area contributed by atoms with E-state index in [1.54, 1.807) is 39.3 Å². The van der Waals surface area contributed by atoms with Gasteiger partial charge in [-0.2, -0.15) is 13.2 Å². The molecule has 0 aromatic heterocycles. The van der Waals surface area contributed by atoms with Crippen molar-refractivity contribution < 1.29 is 27.4 Å². The number of carbonyl (C=O) groups is 1. The van der Waals surface area contributed by atoms with Crippen LogP contribution in [0.4, 0.5) is 13.2 Å². The molecule has 0 aliphatic heterocycles. The second-order valence-electron chi connectivity index (χ2n) is 6.22. The summed E-state index contributed by atoms with van der Waals surface area (Å²) in [6.45, 7) is 2.10. The molecule has 0 saturated heterocycles. The van der Waals surface area contributed by atoms with Gasteiger partial charge in [-0.05, 0) is 41.3 Å². The van der Waals surface area contributed by atoms with Crippen molar-refractivity contribution in [3.05, 3.63) is 59.2 Å². The molecule has 2 aromatic carbocycles. The Morgan fingerprint density at radius 3 is 2.07 bits per heavy atom. The monoisotopic (exact) mass is 381 g/mol. The van der Waals surface area contributed by atoms with Gasteiger partial charge in [0, 0.05) is 19.0 Å². The molecule has 0 heterocycles. The Kier molecular flexibility index (Phi) is 6.71. The molecule has 1 atom stereocenters. The lowest BCUT2D eigenvalue weighted by atomic mass is 9.96. The molecule has 0 aliphatic carbocycles. The minimum Gasteiger partial charge on any atom is -0.497 e. The first kappa shape index (κ1) is 20.6. The van der Waals surface area contributed by atoms with E-state index in [0.717, 1.165) is 17.7 Å². The molecule has 7 heteroatoms.